The van der Waals surface area contributed by atoms with E-state index in [1.165, 1.54) is 10.5 Å². The van der Waals surface area contributed by atoms with Gasteiger partial charge in [-0.05, 0) is 59.6 Å². The van der Waals surface area contributed by atoms with E-state index < -0.39 is 0 Å². The lowest BCUT2D eigenvalue weighted by atomic mass is 10.2. The lowest BCUT2D eigenvalue weighted by molar-refractivity contribution is 0.675. The van der Waals surface area contributed by atoms with E-state index in [2.05, 4.69) is 57.5 Å². The Kier molecular flexibility index (Phi) is 5.69. The van der Waals surface area contributed by atoms with Crippen LogP contribution in [0.5, 0.6) is 0 Å². The molecule has 1 N–H and O–H groups in total. The summed E-state index contributed by atoms with van der Waals surface area (Å²) in [5.41, 5.74) is 2.35. The van der Waals surface area contributed by atoms with E-state index in [4.69, 9.17) is 0 Å². The van der Waals surface area contributed by atoms with Crippen LogP contribution in [-0.2, 0) is 13.6 Å². The van der Waals surface area contributed by atoms with Crippen LogP contribution < -0.4 is 5.32 Å². The number of benzene rings is 1. The summed E-state index contributed by atoms with van der Waals surface area (Å²) in [7, 11) is 1.98. The summed E-state index contributed by atoms with van der Waals surface area (Å²) in [6.45, 7) is 6.17. The van der Waals surface area contributed by atoms with Crippen molar-refractivity contribution in [2.75, 3.05) is 6.54 Å². The zero-order chi connectivity index (χ0) is 14.5. The van der Waals surface area contributed by atoms with Crippen molar-refractivity contribution in [1.82, 2.24) is 15.1 Å². The second-order valence-electron chi connectivity index (χ2n) is 4.79. The molecule has 0 saturated heterocycles. The molecule has 0 aliphatic carbocycles. The number of hydrogen-bond acceptors (Lipinski definition) is 3. The Labute approximate surface area is 133 Å². The molecule has 0 saturated carbocycles. The van der Waals surface area contributed by atoms with Crippen molar-refractivity contribution in [3.63, 3.8) is 0 Å². The second-order valence-corrected chi connectivity index (χ2v) is 6.71. The van der Waals surface area contributed by atoms with Gasteiger partial charge in [0.25, 0.3) is 0 Å². The highest BCUT2D eigenvalue weighted by Gasteiger charge is 2.08. The van der Waals surface area contributed by atoms with Crippen LogP contribution in [0.1, 0.15) is 24.6 Å². The monoisotopic (exact) mass is 353 g/mol. The van der Waals surface area contributed by atoms with E-state index in [0.29, 0.717) is 0 Å². The number of hydrogen-bond donors (Lipinski definition) is 1. The average molecular weight is 354 g/mol. The normalized spacial score (nSPS) is 11.0. The summed E-state index contributed by atoms with van der Waals surface area (Å²) >= 11 is 5.40. The predicted octanol–water partition coefficient (Wildman–Crippen LogP) is 4.14. The molecule has 2 rings (SSSR count). The fourth-order valence-electron chi connectivity index (χ4n) is 1.94. The standard InChI is InChI=1S/C15H20BrN3S/c1-4-7-17-10-12-5-6-14(13(16)9-12)20-15-8-11(2)18-19(15)3/h5-6,8-9,17H,4,7,10H2,1-3H3. The van der Waals surface area contributed by atoms with Gasteiger partial charge < -0.3 is 5.32 Å². The van der Waals surface area contributed by atoms with Crippen molar-refractivity contribution < 1.29 is 0 Å². The van der Waals surface area contributed by atoms with E-state index in [0.717, 1.165) is 34.7 Å². The Balaban J connectivity index is 2.07. The Morgan fingerprint density at radius 1 is 1.35 bits per heavy atom. The Bertz CT molecular complexity index is 580. The molecule has 1 heterocycles. The molecule has 0 unspecified atom stereocenters. The fraction of sp³-hybridized carbons (Fsp3) is 0.400. The van der Waals surface area contributed by atoms with Crippen molar-refractivity contribution in [3.8, 4) is 0 Å². The number of aromatic nitrogens is 2. The van der Waals surface area contributed by atoms with E-state index in [1.54, 1.807) is 11.8 Å². The summed E-state index contributed by atoms with van der Waals surface area (Å²) in [6, 6.07) is 8.64. The molecule has 1 aromatic carbocycles. The zero-order valence-electron chi connectivity index (χ0n) is 12.1. The summed E-state index contributed by atoms with van der Waals surface area (Å²) in [6.07, 6.45) is 1.16. The first-order valence-electron chi connectivity index (χ1n) is 6.77. The fourth-order valence-corrected chi connectivity index (χ4v) is 3.53. The van der Waals surface area contributed by atoms with E-state index in [9.17, 15) is 0 Å². The van der Waals surface area contributed by atoms with Gasteiger partial charge in [-0.15, -0.1) is 0 Å². The van der Waals surface area contributed by atoms with Gasteiger partial charge in [0, 0.05) is 23.0 Å². The van der Waals surface area contributed by atoms with Crippen LogP contribution in [0.3, 0.4) is 0 Å². The van der Waals surface area contributed by atoms with E-state index in [-0.39, 0.29) is 0 Å². The van der Waals surface area contributed by atoms with Crippen LogP contribution in [0.2, 0.25) is 0 Å². The lowest BCUT2D eigenvalue weighted by Crippen LogP contribution is -2.13. The lowest BCUT2D eigenvalue weighted by Gasteiger charge is -2.08. The topological polar surface area (TPSA) is 29.9 Å². The summed E-state index contributed by atoms with van der Waals surface area (Å²) < 4.78 is 3.06. The first kappa shape index (κ1) is 15.6. The van der Waals surface area contributed by atoms with Gasteiger partial charge in [0.2, 0.25) is 0 Å². The van der Waals surface area contributed by atoms with Crippen LogP contribution in [0.25, 0.3) is 0 Å². The van der Waals surface area contributed by atoms with Crippen LogP contribution in [0.4, 0.5) is 0 Å². The molecule has 0 fully saturated rings. The maximum atomic E-state index is 4.37. The van der Waals surface area contributed by atoms with Crippen molar-refractivity contribution in [2.45, 2.75) is 36.7 Å². The van der Waals surface area contributed by atoms with Gasteiger partial charge in [0.1, 0.15) is 0 Å². The van der Waals surface area contributed by atoms with Gasteiger partial charge in [-0.25, -0.2) is 0 Å². The van der Waals surface area contributed by atoms with E-state index in [1.807, 2.05) is 18.7 Å². The third-order valence-corrected chi connectivity index (χ3v) is 5.01. The zero-order valence-corrected chi connectivity index (χ0v) is 14.5. The first-order valence-corrected chi connectivity index (χ1v) is 8.38. The predicted molar refractivity (Wildman–Crippen MR) is 88.2 cm³/mol. The van der Waals surface area contributed by atoms with E-state index >= 15 is 0 Å². The van der Waals surface area contributed by atoms with Gasteiger partial charge in [-0.3, -0.25) is 4.68 Å². The van der Waals surface area contributed by atoms with Crippen molar-refractivity contribution in [1.29, 1.82) is 0 Å². The molecule has 3 nitrogen and oxygen atoms in total. The molecule has 5 heteroatoms. The minimum atomic E-state index is 0.919. The van der Waals surface area contributed by atoms with Gasteiger partial charge in [0.05, 0.1) is 10.7 Å². The van der Waals surface area contributed by atoms with Gasteiger partial charge in [-0.2, -0.15) is 5.10 Å². The second kappa shape index (κ2) is 7.29. The van der Waals surface area contributed by atoms with Crippen LogP contribution in [0.15, 0.2) is 38.7 Å². The van der Waals surface area contributed by atoms with Gasteiger partial charge in [0.15, 0.2) is 0 Å². The molecule has 2 aromatic rings. The quantitative estimate of drug-likeness (QED) is 0.791. The number of aryl methyl sites for hydroxylation is 2. The third-order valence-electron chi connectivity index (χ3n) is 2.93. The van der Waals surface area contributed by atoms with Gasteiger partial charge in [-0.1, -0.05) is 24.8 Å². The molecule has 0 bridgehead atoms. The highest BCUT2D eigenvalue weighted by molar-refractivity contribution is 9.10. The van der Waals surface area contributed by atoms with Crippen LogP contribution in [0, 0.1) is 6.92 Å². The van der Waals surface area contributed by atoms with Crippen LogP contribution in [-0.4, -0.2) is 16.3 Å². The maximum absolute atomic E-state index is 4.37. The number of nitrogens with zero attached hydrogens (tertiary/aromatic N) is 2. The minimum absolute atomic E-state index is 0.919. The number of rotatable bonds is 6. The molecular weight excluding hydrogens is 334 g/mol. The molecule has 0 radical (unpaired) electrons. The third kappa shape index (κ3) is 4.11. The molecule has 0 spiro atoms. The van der Waals surface area contributed by atoms with Crippen molar-refractivity contribution in [3.05, 3.63) is 40.0 Å². The van der Waals surface area contributed by atoms with Gasteiger partial charge >= 0.3 is 0 Å². The SMILES string of the molecule is CCCNCc1ccc(Sc2cc(C)nn2C)c(Br)c1. The molecule has 0 aliphatic rings. The summed E-state index contributed by atoms with van der Waals surface area (Å²) in [5.74, 6) is 0. The van der Waals surface area contributed by atoms with Crippen LogP contribution >= 0.6 is 27.7 Å². The molecule has 108 valence electrons. The molecular formula is C15H20BrN3S. The minimum Gasteiger partial charge on any atom is -0.313 e. The molecule has 1 aromatic heterocycles. The number of nitrogens with one attached hydrogen (secondary N) is 1. The smallest absolute Gasteiger partial charge is 0.0987 e. The molecule has 0 aliphatic heterocycles. The Hall–Kier alpha value is -0.780. The molecule has 0 atom stereocenters. The molecule has 0 amide bonds. The first-order chi connectivity index (χ1) is 9.60. The van der Waals surface area contributed by atoms with Crippen molar-refractivity contribution in [2.24, 2.45) is 7.05 Å². The number of halogens is 1. The van der Waals surface area contributed by atoms with Crippen molar-refractivity contribution >= 4 is 27.7 Å². The Morgan fingerprint density at radius 2 is 2.15 bits per heavy atom. The summed E-state index contributed by atoms with van der Waals surface area (Å²) in [5, 5.41) is 8.95. The highest BCUT2D eigenvalue weighted by Crippen LogP contribution is 2.34. The largest absolute Gasteiger partial charge is 0.313 e. The Morgan fingerprint density at radius 3 is 2.75 bits per heavy atom. The summed E-state index contributed by atoms with van der Waals surface area (Å²) in [4.78, 5) is 1.22. The average Bonchev–Trinajstić information content (AvgIpc) is 2.71. The maximum Gasteiger partial charge on any atom is 0.0987 e. The highest BCUT2D eigenvalue weighted by atomic mass is 79.9. The molecule has 20 heavy (non-hydrogen) atoms.